The molecule has 24 heavy (non-hydrogen) atoms. The lowest BCUT2D eigenvalue weighted by atomic mass is 10.1. The molecule has 2 aromatic heterocycles. The van der Waals surface area contributed by atoms with E-state index in [4.69, 9.17) is 0 Å². The SMILES string of the molecule is CC(=O)c1cc(C(=O)NCc2ccc(F)c(C)c2)nc2nccn12. The van der Waals surface area contributed by atoms with Crippen LogP contribution < -0.4 is 5.32 Å². The van der Waals surface area contributed by atoms with Crippen LogP contribution in [0.4, 0.5) is 4.39 Å². The number of carbonyl (C=O) groups excluding carboxylic acids is 2. The highest BCUT2D eigenvalue weighted by Crippen LogP contribution is 2.11. The first-order chi connectivity index (χ1) is 11.5. The topological polar surface area (TPSA) is 76.4 Å². The number of halogens is 1. The molecule has 2 heterocycles. The maximum atomic E-state index is 13.3. The van der Waals surface area contributed by atoms with E-state index in [1.165, 1.54) is 29.7 Å². The van der Waals surface area contributed by atoms with Crippen LogP contribution in [0.3, 0.4) is 0 Å². The highest BCUT2D eigenvalue weighted by atomic mass is 19.1. The molecule has 3 aromatic rings. The number of hydrogen-bond acceptors (Lipinski definition) is 4. The monoisotopic (exact) mass is 326 g/mol. The maximum absolute atomic E-state index is 13.3. The van der Waals surface area contributed by atoms with Crippen molar-refractivity contribution in [3.05, 3.63) is 65.0 Å². The summed E-state index contributed by atoms with van der Waals surface area (Å²) >= 11 is 0. The number of nitrogens with zero attached hydrogens (tertiary/aromatic N) is 3. The number of benzene rings is 1. The normalized spacial score (nSPS) is 10.8. The first kappa shape index (κ1) is 15.8. The Kier molecular flexibility index (Phi) is 4.07. The Morgan fingerprint density at radius 2 is 2.08 bits per heavy atom. The second-order valence-electron chi connectivity index (χ2n) is 5.45. The van der Waals surface area contributed by atoms with Crippen molar-refractivity contribution in [2.75, 3.05) is 0 Å². The lowest BCUT2D eigenvalue weighted by molar-refractivity contribution is 0.0946. The summed E-state index contributed by atoms with van der Waals surface area (Å²) in [5.74, 6) is -0.623. The molecule has 1 aromatic carbocycles. The molecule has 7 heteroatoms. The minimum Gasteiger partial charge on any atom is -0.347 e. The Morgan fingerprint density at radius 1 is 1.29 bits per heavy atom. The molecule has 0 spiro atoms. The molecule has 3 rings (SSSR count). The standard InChI is InChI=1S/C17H15FN4O2/c1-10-7-12(3-4-13(10)18)9-20-16(24)14-8-15(11(2)23)22-6-5-19-17(22)21-14/h3-8H,9H2,1-2H3,(H,20,24). The Balaban J connectivity index is 1.83. The predicted molar refractivity (Wildman–Crippen MR) is 85.3 cm³/mol. The third-order valence-electron chi connectivity index (χ3n) is 3.64. The molecule has 6 nitrogen and oxygen atoms in total. The highest BCUT2D eigenvalue weighted by Gasteiger charge is 2.15. The highest BCUT2D eigenvalue weighted by molar-refractivity contribution is 5.98. The summed E-state index contributed by atoms with van der Waals surface area (Å²) in [6.45, 7) is 3.31. The van der Waals surface area contributed by atoms with E-state index in [0.717, 1.165) is 5.56 Å². The number of Topliss-reactive ketones (excluding diaryl/α,β-unsaturated/α-hetero) is 1. The molecule has 1 N–H and O–H groups in total. The van der Waals surface area contributed by atoms with Crippen LogP contribution in [0, 0.1) is 12.7 Å². The second kappa shape index (κ2) is 6.19. The molecule has 0 aliphatic heterocycles. The molecule has 122 valence electrons. The van der Waals surface area contributed by atoms with Gasteiger partial charge in [0.25, 0.3) is 5.91 Å². The van der Waals surface area contributed by atoms with Crippen LogP contribution >= 0.6 is 0 Å². The fraction of sp³-hybridized carbons (Fsp3) is 0.176. The number of fused-ring (bicyclic) bond motifs is 1. The van der Waals surface area contributed by atoms with Crippen LogP contribution in [0.5, 0.6) is 0 Å². The molecule has 0 radical (unpaired) electrons. The second-order valence-corrected chi connectivity index (χ2v) is 5.45. The van der Waals surface area contributed by atoms with Gasteiger partial charge in [-0.2, -0.15) is 0 Å². The smallest absolute Gasteiger partial charge is 0.270 e. The van der Waals surface area contributed by atoms with E-state index >= 15 is 0 Å². The van der Waals surface area contributed by atoms with Crippen molar-refractivity contribution in [1.29, 1.82) is 0 Å². The Morgan fingerprint density at radius 3 is 2.79 bits per heavy atom. The number of amides is 1. The van der Waals surface area contributed by atoms with Crippen molar-refractivity contribution in [2.45, 2.75) is 20.4 Å². The van der Waals surface area contributed by atoms with E-state index in [1.54, 1.807) is 25.3 Å². The minimum absolute atomic E-state index is 0.109. The number of carbonyl (C=O) groups is 2. The quantitative estimate of drug-likeness (QED) is 0.747. The predicted octanol–water partition coefficient (Wildman–Crippen LogP) is 2.31. The summed E-state index contributed by atoms with van der Waals surface area (Å²) < 4.78 is 14.8. The van der Waals surface area contributed by atoms with Gasteiger partial charge in [-0.25, -0.2) is 14.4 Å². The van der Waals surface area contributed by atoms with E-state index in [9.17, 15) is 14.0 Å². The van der Waals surface area contributed by atoms with Gasteiger partial charge in [-0.05, 0) is 30.2 Å². The molecule has 1 amide bonds. The summed E-state index contributed by atoms with van der Waals surface area (Å²) in [4.78, 5) is 32.2. The molecule has 0 bridgehead atoms. The molecular formula is C17H15FN4O2. The van der Waals surface area contributed by atoms with Crippen LogP contribution in [0.25, 0.3) is 5.78 Å². The summed E-state index contributed by atoms with van der Waals surface area (Å²) in [6.07, 6.45) is 3.12. The molecule has 0 saturated carbocycles. The molecule has 0 saturated heterocycles. The molecule has 0 aliphatic rings. The van der Waals surface area contributed by atoms with E-state index in [2.05, 4.69) is 15.3 Å². The number of nitrogens with one attached hydrogen (secondary N) is 1. The zero-order valence-electron chi connectivity index (χ0n) is 13.2. The van der Waals surface area contributed by atoms with Crippen molar-refractivity contribution < 1.29 is 14.0 Å². The van der Waals surface area contributed by atoms with Crippen LogP contribution in [0.1, 0.15) is 39.0 Å². The van der Waals surface area contributed by atoms with Gasteiger partial charge in [0, 0.05) is 25.9 Å². The first-order valence-corrected chi connectivity index (χ1v) is 7.34. The van der Waals surface area contributed by atoms with E-state index in [-0.39, 0.29) is 29.6 Å². The van der Waals surface area contributed by atoms with Gasteiger partial charge in [-0.1, -0.05) is 12.1 Å². The van der Waals surface area contributed by atoms with E-state index < -0.39 is 5.91 Å². The fourth-order valence-corrected chi connectivity index (χ4v) is 2.38. The summed E-state index contributed by atoms with van der Waals surface area (Å²) in [5, 5.41) is 2.71. The zero-order valence-corrected chi connectivity index (χ0v) is 13.2. The third-order valence-corrected chi connectivity index (χ3v) is 3.64. The number of aromatic nitrogens is 3. The summed E-state index contributed by atoms with van der Waals surface area (Å²) in [5.41, 5.74) is 1.73. The minimum atomic E-state index is -0.426. The fourth-order valence-electron chi connectivity index (χ4n) is 2.38. The Labute approximate surface area is 137 Å². The number of aryl methyl sites for hydroxylation is 1. The van der Waals surface area contributed by atoms with Crippen LogP contribution in [0.2, 0.25) is 0 Å². The summed E-state index contributed by atoms with van der Waals surface area (Å²) in [6, 6.07) is 6.07. The third kappa shape index (κ3) is 3.01. The van der Waals surface area contributed by atoms with Gasteiger partial charge in [0.1, 0.15) is 11.5 Å². The van der Waals surface area contributed by atoms with E-state index in [1.807, 2.05) is 0 Å². The average Bonchev–Trinajstić information content (AvgIpc) is 3.03. The van der Waals surface area contributed by atoms with Crippen LogP contribution in [0.15, 0.2) is 36.7 Å². The van der Waals surface area contributed by atoms with Crippen molar-refractivity contribution in [3.63, 3.8) is 0 Å². The molecule has 0 aliphatic carbocycles. The lowest BCUT2D eigenvalue weighted by Gasteiger charge is -2.08. The largest absolute Gasteiger partial charge is 0.347 e. The Bertz CT molecular complexity index is 949. The Hall–Kier alpha value is -3.09. The maximum Gasteiger partial charge on any atom is 0.270 e. The number of imidazole rings is 1. The van der Waals surface area contributed by atoms with Gasteiger partial charge < -0.3 is 5.32 Å². The number of hydrogen-bond donors (Lipinski definition) is 1. The summed E-state index contributed by atoms with van der Waals surface area (Å²) in [7, 11) is 0. The van der Waals surface area contributed by atoms with Crippen LogP contribution in [-0.2, 0) is 6.54 Å². The molecule has 0 fully saturated rings. The van der Waals surface area contributed by atoms with Gasteiger partial charge >= 0.3 is 0 Å². The van der Waals surface area contributed by atoms with Crippen molar-refractivity contribution in [1.82, 2.24) is 19.7 Å². The van der Waals surface area contributed by atoms with Gasteiger partial charge in [-0.3, -0.25) is 14.0 Å². The van der Waals surface area contributed by atoms with Gasteiger partial charge in [0.05, 0.1) is 5.69 Å². The number of ketones is 1. The van der Waals surface area contributed by atoms with Crippen molar-refractivity contribution in [3.8, 4) is 0 Å². The van der Waals surface area contributed by atoms with Gasteiger partial charge in [0.15, 0.2) is 5.78 Å². The molecular weight excluding hydrogens is 311 g/mol. The zero-order chi connectivity index (χ0) is 17.3. The van der Waals surface area contributed by atoms with Gasteiger partial charge in [0.2, 0.25) is 5.78 Å². The molecule has 0 atom stereocenters. The molecule has 0 unspecified atom stereocenters. The first-order valence-electron chi connectivity index (χ1n) is 7.34. The lowest BCUT2D eigenvalue weighted by Crippen LogP contribution is -2.25. The van der Waals surface area contributed by atoms with Gasteiger partial charge in [-0.15, -0.1) is 0 Å². The number of rotatable bonds is 4. The van der Waals surface area contributed by atoms with Crippen molar-refractivity contribution >= 4 is 17.5 Å². The van der Waals surface area contributed by atoms with E-state index in [0.29, 0.717) is 11.3 Å². The average molecular weight is 326 g/mol. The van der Waals surface area contributed by atoms with Crippen molar-refractivity contribution in [2.24, 2.45) is 0 Å². The van der Waals surface area contributed by atoms with Crippen LogP contribution in [-0.4, -0.2) is 26.1 Å².